The quantitative estimate of drug-likeness (QED) is 0.665. The second-order valence-electron chi connectivity index (χ2n) is 3.09. The summed E-state index contributed by atoms with van der Waals surface area (Å²) in [7, 11) is 0. The van der Waals surface area contributed by atoms with Crippen LogP contribution in [0.25, 0.3) is 0 Å². The smallest absolute Gasteiger partial charge is 0.254 e. The van der Waals surface area contributed by atoms with Crippen LogP contribution in [0.2, 0.25) is 10.2 Å². The highest BCUT2D eigenvalue weighted by Crippen LogP contribution is 2.18. The van der Waals surface area contributed by atoms with Gasteiger partial charge in [-0.15, -0.1) is 0 Å². The van der Waals surface area contributed by atoms with Crippen molar-refractivity contribution < 1.29 is 4.79 Å². The molecule has 1 N–H and O–H groups in total. The van der Waals surface area contributed by atoms with E-state index in [1.54, 1.807) is 11.8 Å². The van der Waals surface area contributed by atoms with E-state index in [4.69, 9.17) is 23.2 Å². The maximum absolute atomic E-state index is 11.7. The first-order valence-corrected chi connectivity index (χ1v) is 6.88. The molecule has 16 heavy (non-hydrogen) atoms. The molecule has 1 heterocycles. The molecule has 6 heteroatoms. The fraction of sp³-hybridized carbons (Fsp3) is 0.400. The zero-order valence-electron chi connectivity index (χ0n) is 8.80. The Morgan fingerprint density at radius 1 is 1.56 bits per heavy atom. The number of halogens is 2. The lowest BCUT2D eigenvalue weighted by molar-refractivity contribution is 0.0953. The molecule has 1 amide bonds. The molecule has 0 saturated carbocycles. The van der Waals surface area contributed by atoms with Crippen LogP contribution in [0.5, 0.6) is 0 Å². The minimum Gasteiger partial charge on any atom is -0.352 e. The molecule has 88 valence electrons. The molecule has 3 nitrogen and oxygen atoms in total. The van der Waals surface area contributed by atoms with Gasteiger partial charge in [-0.1, -0.05) is 23.2 Å². The molecule has 1 rings (SSSR count). The molecule has 0 atom stereocenters. The molecular weight excluding hydrogens is 267 g/mol. The molecule has 0 aromatic carbocycles. The van der Waals surface area contributed by atoms with Crippen LogP contribution in [-0.2, 0) is 0 Å². The molecule has 0 spiro atoms. The highest BCUT2D eigenvalue weighted by atomic mass is 35.5. The van der Waals surface area contributed by atoms with Crippen LogP contribution in [0, 0.1) is 0 Å². The summed E-state index contributed by atoms with van der Waals surface area (Å²) >= 11 is 13.3. The Bertz CT molecular complexity index is 374. The zero-order chi connectivity index (χ0) is 12.0. The van der Waals surface area contributed by atoms with Gasteiger partial charge in [-0.3, -0.25) is 4.79 Å². The van der Waals surface area contributed by atoms with Crippen molar-refractivity contribution in [2.45, 2.75) is 6.42 Å². The van der Waals surface area contributed by atoms with Crippen LogP contribution in [0.1, 0.15) is 16.8 Å². The number of carbonyl (C=O) groups excluding carboxylic acids is 1. The van der Waals surface area contributed by atoms with Crippen LogP contribution < -0.4 is 5.32 Å². The van der Waals surface area contributed by atoms with E-state index >= 15 is 0 Å². The lowest BCUT2D eigenvalue weighted by Crippen LogP contribution is -2.25. The van der Waals surface area contributed by atoms with Crippen molar-refractivity contribution in [3.8, 4) is 0 Å². The average Bonchev–Trinajstić information content (AvgIpc) is 2.24. The number of rotatable bonds is 5. The summed E-state index contributed by atoms with van der Waals surface area (Å²) in [6.45, 7) is 0.638. The number of hydrogen-bond donors (Lipinski definition) is 1. The zero-order valence-corrected chi connectivity index (χ0v) is 11.1. The van der Waals surface area contributed by atoms with Crippen molar-refractivity contribution in [2.75, 3.05) is 18.6 Å². The molecule has 0 aliphatic heterocycles. The van der Waals surface area contributed by atoms with Crippen LogP contribution in [0.15, 0.2) is 12.3 Å². The number of nitrogens with zero attached hydrogens (tertiary/aromatic N) is 1. The molecule has 0 bridgehead atoms. The van der Waals surface area contributed by atoms with E-state index in [0.717, 1.165) is 12.2 Å². The first kappa shape index (κ1) is 13.6. The van der Waals surface area contributed by atoms with Gasteiger partial charge in [0.2, 0.25) is 0 Å². The third kappa shape index (κ3) is 4.20. The molecule has 0 aliphatic carbocycles. The third-order valence-electron chi connectivity index (χ3n) is 1.88. The van der Waals surface area contributed by atoms with E-state index in [-0.39, 0.29) is 11.1 Å². The number of carbonyl (C=O) groups is 1. The second-order valence-corrected chi connectivity index (χ2v) is 4.87. The summed E-state index contributed by atoms with van der Waals surface area (Å²) in [5.74, 6) is 0.808. The summed E-state index contributed by atoms with van der Waals surface area (Å²) in [5, 5.41) is 3.38. The standard InChI is InChI=1S/C10H12Cl2N2OS/c1-16-4-2-3-13-10(15)7-6-14-9(12)5-8(7)11/h5-6H,2-4H2,1H3,(H,13,15). The minimum atomic E-state index is -0.213. The summed E-state index contributed by atoms with van der Waals surface area (Å²) < 4.78 is 0. The Hall–Kier alpha value is -0.450. The Balaban J connectivity index is 2.53. The highest BCUT2D eigenvalue weighted by molar-refractivity contribution is 7.98. The van der Waals surface area contributed by atoms with Crippen molar-refractivity contribution in [1.29, 1.82) is 0 Å². The van der Waals surface area contributed by atoms with Crippen LogP contribution in [-0.4, -0.2) is 29.4 Å². The molecule has 0 unspecified atom stereocenters. The first-order valence-electron chi connectivity index (χ1n) is 4.73. The van der Waals surface area contributed by atoms with Gasteiger partial charge >= 0.3 is 0 Å². The normalized spacial score (nSPS) is 10.2. The van der Waals surface area contributed by atoms with E-state index in [2.05, 4.69) is 10.3 Å². The van der Waals surface area contributed by atoms with Gasteiger partial charge in [0.25, 0.3) is 5.91 Å². The topological polar surface area (TPSA) is 42.0 Å². The van der Waals surface area contributed by atoms with E-state index in [0.29, 0.717) is 17.1 Å². The maximum atomic E-state index is 11.7. The van der Waals surface area contributed by atoms with Crippen molar-refractivity contribution in [2.24, 2.45) is 0 Å². The van der Waals surface area contributed by atoms with Gasteiger partial charge in [0.1, 0.15) is 5.15 Å². The van der Waals surface area contributed by atoms with Crippen molar-refractivity contribution in [3.63, 3.8) is 0 Å². The Kier molecular flexibility index (Phi) is 5.95. The van der Waals surface area contributed by atoms with E-state index in [9.17, 15) is 4.79 Å². The number of thioether (sulfide) groups is 1. The molecule has 0 fully saturated rings. The summed E-state index contributed by atoms with van der Waals surface area (Å²) in [4.78, 5) is 15.5. The fourth-order valence-electron chi connectivity index (χ4n) is 1.09. The number of aromatic nitrogens is 1. The van der Waals surface area contributed by atoms with Gasteiger partial charge in [0.05, 0.1) is 10.6 Å². The summed E-state index contributed by atoms with van der Waals surface area (Å²) in [6.07, 6.45) is 4.35. The van der Waals surface area contributed by atoms with Gasteiger partial charge in [-0.25, -0.2) is 4.98 Å². The lowest BCUT2D eigenvalue weighted by Gasteiger charge is -2.05. The Labute approximate surface area is 109 Å². The largest absolute Gasteiger partial charge is 0.352 e. The fourth-order valence-corrected chi connectivity index (χ4v) is 1.97. The Morgan fingerprint density at radius 3 is 2.94 bits per heavy atom. The molecule has 0 aliphatic rings. The van der Waals surface area contributed by atoms with E-state index in [1.165, 1.54) is 12.3 Å². The van der Waals surface area contributed by atoms with Crippen molar-refractivity contribution >= 4 is 40.9 Å². The van der Waals surface area contributed by atoms with Crippen molar-refractivity contribution in [3.05, 3.63) is 28.0 Å². The Morgan fingerprint density at radius 2 is 2.31 bits per heavy atom. The van der Waals surface area contributed by atoms with Crippen LogP contribution in [0.3, 0.4) is 0 Å². The van der Waals surface area contributed by atoms with Gasteiger partial charge < -0.3 is 5.32 Å². The molecule has 1 aromatic rings. The van der Waals surface area contributed by atoms with Crippen LogP contribution in [0.4, 0.5) is 0 Å². The van der Waals surface area contributed by atoms with Crippen molar-refractivity contribution in [1.82, 2.24) is 10.3 Å². The molecule has 1 aromatic heterocycles. The SMILES string of the molecule is CSCCCNC(=O)c1cnc(Cl)cc1Cl. The van der Waals surface area contributed by atoms with Gasteiger partial charge in [-0.05, 0) is 24.5 Å². The monoisotopic (exact) mass is 278 g/mol. The first-order chi connectivity index (χ1) is 7.65. The number of pyridine rings is 1. The summed E-state index contributed by atoms with van der Waals surface area (Å²) in [6, 6.07) is 1.46. The predicted molar refractivity (Wildman–Crippen MR) is 69.6 cm³/mol. The average molecular weight is 279 g/mol. The second kappa shape index (κ2) is 6.99. The van der Waals surface area contributed by atoms with Gasteiger partial charge in [0.15, 0.2) is 0 Å². The number of amides is 1. The summed E-state index contributed by atoms with van der Waals surface area (Å²) in [5.41, 5.74) is 0.357. The van der Waals surface area contributed by atoms with E-state index in [1.807, 2.05) is 6.26 Å². The third-order valence-corrected chi connectivity index (χ3v) is 3.09. The van der Waals surface area contributed by atoms with Gasteiger partial charge in [0, 0.05) is 12.7 Å². The van der Waals surface area contributed by atoms with E-state index < -0.39 is 0 Å². The number of hydrogen-bond acceptors (Lipinski definition) is 3. The number of nitrogens with one attached hydrogen (secondary N) is 1. The highest BCUT2D eigenvalue weighted by Gasteiger charge is 2.10. The molecule has 0 radical (unpaired) electrons. The predicted octanol–water partition coefficient (Wildman–Crippen LogP) is 2.87. The molecule has 0 saturated heterocycles. The minimum absolute atomic E-state index is 0.213. The lowest BCUT2D eigenvalue weighted by atomic mass is 10.2. The van der Waals surface area contributed by atoms with Gasteiger partial charge in [-0.2, -0.15) is 11.8 Å². The maximum Gasteiger partial charge on any atom is 0.254 e. The van der Waals surface area contributed by atoms with Crippen LogP contribution >= 0.6 is 35.0 Å². The molecular formula is C10H12Cl2N2OS.